The average Bonchev–Trinajstić information content (AvgIpc) is 2.90. The molecule has 2 aliphatic heterocycles. The van der Waals surface area contributed by atoms with Crippen molar-refractivity contribution in [3.63, 3.8) is 0 Å². The Labute approximate surface area is 169 Å². The number of rotatable bonds is 6. The molecule has 0 N–H and O–H groups in total. The third-order valence-corrected chi connectivity index (χ3v) is 5.04. The Bertz CT molecular complexity index is 787. The molecule has 2 amide bonds. The van der Waals surface area contributed by atoms with Crippen molar-refractivity contribution in [2.75, 3.05) is 42.6 Å². The number of benzene rings is 1. The minimum absolute atomic E-state index is 0.0375. The van der Waals surface area contributed by atoms with Gasteiger partial charge in [-0.25, -0.2) is 14.2 Å². The summed E-state index contributed by atoms with van der Waals surface area (Å²) in [4.78, 5) is 43.7. The summed E-state index contributed by atoms with van der Waals surface area (Å²) in [7, 11) is 0. The smallest absolute Gasteiger partial charge is 0.414 e. The second-order valence-corrected chi connectivity index (χ2v) is 7.16. The van der Waals surface area contributed by atoms with E-state index in [0.29, 0.717) is 50.3 Å². The zero-order valence-corrected chi connectivity index (χ0v) is 16.7. The zero-order valence-electron chi connectivity index (χ0n) is 16.7. The van der Waals surface area contributed by atoms with Crippen LogP contribution in [-0.2, 0) is 19.2 Å². The number of anilines is 2. The monoisotopic (exact) mass is 407 g/mol. The Kier molecular flexibility index (Phi) is 6.68. The Morgan fingerprint density at radius 1 is 1.24 bits per heavy atom. The van der Waals surface area contributed by atoms with Crippen molar-refractivity contribution in [1.29, 1.82) is 0 Å². The molecule has 8 nitrogen and oxygen atoms in total. The van der Waals surface area contributed by atoms with E-state index in [0.717, 1.165) is 0 Å². The van der Waals surface area contributed by atoms with Gasteiger partial charge in [0.15, 0.2) is 0 Å². The van der Waals surface area contributed by atoms with Crippen molar-refractivity contribution in [2.24, 2.45) is 0 Å². The number of cyclic esters (lactones) is 1. The Morgan fingerprint density at radius 3 is 2.72 bits per heavy atom. The number of carbonyl (C=O) groups excluding carboxylic acids is 3. The Hall–Kier alpha value is -2.68. The molecule has 0 bridgehead atoms. The predicted octanol–water partition coefficient (Wildman–Crippen LogP) is 2.51. The molecule has 0 spiro atoms. The first-order chi connectivity index (χ1) is 13.9. The fourth-order valence-electron chi connectivity index (χ4n) is 3.43. The maximum Gasteiger partial charge on any atom is 0.414 e. The van der Waals surface area contributed by atoms with Gasteiger partial charge in [0.05, 0.1) is 31.1 Å². The lowest BCUT2D eigenvalue weighted by molar-refractivity contribution is -0.181. The van der Waals surface area contributed by atoms with Gasteiger partial charge in [-0.15, -0.1) is 0 Å². The van der Waals surface area contributed by atoms with Crippen LogP contribution >= 0.6 is 0 Å². The summed E-state index contributed by atoms with van der Waals surface area (Å²) >= 11 is 0. The molecule has 0 aromatic heterocycles. The number of nitrogens with zero attached hydrogens (tertiary/aromatic N) is 3. The number of hydroxylamine groups is 2. The van der Waals surface area contributed by atoms with E-state index in [-0.39, 0.29) is 30.9 Å². The fraction of sp³-hybridized carbons (Fsp3) is 0.550. The highest BCUT2D eigenvalue weighted by atomic mass is 19.1. The lowest BCUT2D eigenvalue weighted by atomic mass is 10.1. The van der Waals surface area contributed by atoms with Crippen LogP contribution in [0, 0.1) is 5.82 Å². The Balaban J connectivity index is 1.66. The molecule has 3 rings (SSSR count). The maximum atomic E-state index is 14.8. The largest absolute Gasteiger partial charge is 0.444 e. The molecule has 2 saturated heterocycles. The summed E-state index contributed by atoms with van der Waals surface area (Å²) in [6.07, 6.45) is 0.233. The number of carbonyl (C=O) groups is 3. The number of ether oxygens (including phenoxy) is 1. The molecule has 9 heteroatoms. The summed E-state index contributed by atoms with van der Waals surface area (Å²) in [5.41, 5.74) is 0.805. The van der Waals surface area contributed by atoms with Gasteiger partial charge in [0.1, 0.15) is 17.7 Å². The third kappa shape index (κ3) is 5.03. The van der Waals surface area contributed by atoms with Crippen LogP contribution in [0.15, 0.2) is 18.2 Å². The number of ketones is 1. The standard InChI is InChI=1S/C20H26FN3O5/c1-3-19(26)24-9-8-22(10-11-28-24)18-7-5-15(12-17(18)21)23-13-16(29-20(23)27)6-4-14(2)25/h5,7,12,16H,3-4,6,8-11,13H2,1-2H3/t16-/m0/s1. The number of halogens is 1. The first-order valence-corrected chi connectivity index (χ1v) is 9.84. The van der Waals surface area contributed by atoms with Crippen molar-refractivity contribution in [3.05, 3.63) is 24.0 Å². The lowest BCUT2D eigenvalue weighted by Crippen LogP contribution is -2.34. The summed E-state index contributed by atoms with van der Waals surface area (Å²) in [6, 6.07) is 4.61. The molecule has 158 valence electrons. The molecule has 2 heterocycles. The van der Waals surface area contributed by atoms with Gasteiger partial charge >= 0.3 is 6.09 Å². The molecular formula is C20H26FN3O5. The fourth-order valence-corrected chi connectivity index (χ4v) is 3.43. The van der Waals surface area contributed by atoms with E-state index in [1.54, 1.807) is 19.1 Å². The molecule has 1 atom stereocenters. The maximum absolute atomic E-state index is 14.8. The minimum atomic E-state index is -0.539. The van der Waals surface area contributed by atoms with Crippen LogP contribution < -0.4 is 9.80 Å². The van der Waals surface area contributed by atoms with Crippen LogP contribution in [-0.4, -0.2) is 61.7 Å². The van der Waals surface area contributed by atoms with E-state index in [9.17, 15) is 18.8 Å². The van der Waals surface area contributed by atoms with Crippen molar-refractivity contribution in [1.82, 2.24) is 5.06 Å². The van der Waals surface area contributed by atoms with Crippen molar-refractivity contribution < 1.29 is 28.3 Å². The second-order valence-electron chi connectivity index (χ2n) is 7.16. The molecule has 1 aromatic carbocycles. The van der Waals surface area contributed by atoms with Gasteiger partial charge in [0, 0.05) is 25.9 Å². The highest BCUT2D eigenvalue weighted by molar-refractivity contribution is 5.90. The topological polar surface area (TPSA) is 79.4 Å². The second kappa shape index (κ2) is 9.21. The van der Waals surface area contributed by atoms with E-state index in [1.807, 2.05) is 4.90 Å². The van der Waals surface area contributed by atoms with Crippen molar-refractivity contribution in [2.45, 2.75) is 39.2 Å². The first-order valence-electron chi connectivity index (χ1n) is 9.84. The highest BCUT2D eigenvalue weighted by Crippen LogP contribution is 2.29. The first kappa shape index (κ1) is 21.0. The molecular weight excluding hydrogens is 381 g/mol. The van der Waals surface area contributed by atoms with Gasteiger partial charge in [-0.3, -0.25) is 14.5 Å². The summed E-state index contributed by atoms with van der Waals surface area (Å²) < 4.78 is 20.1. The van der Waals surface area contributed by atoms with Crippen LogP contribution in [0.1, 0.15) is 33.1 Å². The van der Waals surface area contributed by atoms with Crippen molar-refractivity contribution in [3.8, 4) is 0 Å². The third-order valence-electron chi connectivity index (χ3n) is 5.04. The molecule has 2 fully saturated rings. The lowest BCUT2D eigenvalue weighted by Gasteiger charge is -2.23. The van der Waals surface area contributed by atoms with Crippen LogP contribution in [0.25, 0.3) is 0 Å². The summed E-state index contributed by atoms with van der Waals surface area (Å²) in [6.45, 7) is 5.07. The van der Waals surface area contributed by atoms with Crippen LogP contribution in [0.3, 0.4) is 0 Å². The van der Waals surface area contributed by atoms with Crippen LogP contribution in [0.5, 0.6) is 0 Å². The summed E-state index contributed by atoms with van der Waals surface area (Å²) in [5.74, 6) is -0.525. The van der Waals surface area contributed by atoms with E-state index in [4.69, 9.17) is 9.57 Å². The van der Waals surface area contributed by atoms with E-state index in [1.165, 1.54) is 23.0 Å². The molecule has 0 aliphatic carbocycles. The minimum Gasteiger partial charge on any atom is -0.444 e. The zero-order chi connectivity index (χ0) is 21.0. The molecule has 1 aromatic rings. The molecule has 2 aliphatic rings. The highest BCUT2D eigenvalue weighted by Gasteiger charge is 2.33. The normalized spacial score (nSPS) is 19.9. The van der Waals surface area contributed by atoms with E-state index in [2.05, 4.69) is 0 Å². The van der Waals surface area contributed by atoms with Crippen LogP contribution in [0.4, 0.5) is 20.6 Å². The predicted molar refractivity (Wildman–Crippen MR) is 104 cm³/mol. The van der Waals surface area contributed by atoms with Crippen LogP contribution in [0.2, 0.25) is 0 Å². The van der Waals surface area contributed by atoms with Gasteiger partial charge in [0.2, 0.25) is 5.91 Å². The van der Waals surface area contributed by atoms with Gasteiger partial charge in [-0.1, -0.05) is 6.92 Å². The quantitative estimate of drug-likeness (QED) is 0.721. The SMILES string of the molecule is CCC(=O)N1CCN(c2ccc(N3C[C@H](CCC(C)=O)OC3=O)cc2F)CCO1. The van der Waals surface area contributed by atoms with Crippen molar-refractivity contribution >= 4 is 29.2 Å². The van der Waals surface area contributed by atoms with Gasteiger partial charge in [-0.2, -0.15) is 0 Å². The Morgan fingerprint density at radius 2 is 2.03 bits per heavy atom. The number of hydrogen-bond donors (Lipinski definition) is 0. The van der Waals surface area contributed by atoms with E-state index >= 15 is 0 Å². The number of Topliss-reactive ketones (excluding diaryl/α,β-unsaturated/α-hetero) is 1. The average molecular weight is 407 g/mol. The molecule has 0 saturated carbocycles. The number of hydrogen-bond acceptors (Lipinski definition) is 6. The molecule has 29 heavy (non-hydrogen) atoms. The summed E-state index contributed by atoms with van der Waals surface area (Å²) in [5, 5.41) is 1.33. The number of amides is 2. The van der Waals surface area contributed by atoms with E-state index < -0.39 is 11.9 Å². The van der Waals surface area contributed by atoms with Gasteiger partial charge < -0.3 is 14.4 Å². The van der Waals surface area contributed by atoms with Gasteiger partial charge in [-0.05, 0) is 31.5 Å². The molecule has 0 radical (unpaired) electrons. The molecule has 0 unspecified atom stereocenters. The van der Waals surface area contributed by atoms with Gasteiger partial charge in [0.25, 0.3) is 0 Å².